The molecule has 0 amide bonds. The molecule has 0 aliphatic rings. The van der Waals surface area contributed by atoms with E-state index >= 15 is 0 Å². The fourth-order valence-electron chi connectivity index (χ4n) is 1.76. The summed E-state index contributed by atoms with van der Waals surface area (Å²) in [5.74, 6) is -1.12. The Hall–Kier alpha value is -2.50. The van der Waals surface area contributed by atoms with Crippen molar-refractivity contribution >= 4 is 5.97 Å². The van der Waals surface area contributed by atoms with E-state index in [9.17, 15) is 14.7 Å². The molecule has 0 unspecified atom stereocenters. The van der Waals surface area contributed by atoms with E-state index in [0.717, 1.165) is 4.68 Å². The van der Waals surface area contributed by atoms with Crippen molar-refractivity contribution in [1.29, 1.82) is 0 Å². The molecule has 0 atom stereocenters. The summed E-state index contributed by atoms with van der Waals surface area (Å²) >= 11 is 0. The SMILES string of the molecule is Cc1[nH]n(-c2ccccc2O)c(=O)c1CC(=O)O. The van der Waals surface area contributed by atoms with Gasteiger partial charge in [-0.2, -0.15) is 0 Å². The average molecular weight is 248 g/mol. The third kappa shape index (κ3) is 2.00. The lowest BCUT2D eigenvalue weighted by Gasteiger charge is -2.03. The van der Waals surface area contributed by atoms with Crippen LogP contribution in [0.5, 0.6) is 5.75 Å². The monoisotopic (exact) mass is 248 g/mol. The van der Waals surface area contributed by atoms with Crippen LogP contribution >= 0.6 is 0 Å². The Balaban J connectivity index is 2.58. The van der Waals surface area contributed by atoms with Crippen molar-refractivity contribution in [2.24, 2.45) is 0 Å². The molecule has 2 aromatic rings. The van der Waals surface area contributed by atoms with Crippen LogP contribution in [0, 0.1) is 6.92 Å². The maximum atomic E-state index is 12.0. The number of hydrogen-bond acceptors (Lipinski definition) is 3. The Kier molecular flexibility index (Phi) is 2.93. The number of hydrogen-bond donors (Lipinski definition) is 3. The summed E-state index contributed by atoms with van der Waals surface area (Å²) in [5, 5.41) is 21.2. The van der Waals surface area contributed by atoms with Crippen LogP contribution in [0.2, 0.25) is 0 Å². The molecule has 3 N–H and O–H groups in total. The van der Waals surface area contributed by atoms with E-state index in [0.29, 0.717) is 11.4 Å². The number of aliphatic carboxylic acids is 1. The molecule has 6 heteroatoms. The molecule has 0 fully saturated rings. The highest BCUT2D eigenvalue weighted by molar-refractivity contribution is 5.70. The van der Waals surface area contributed by atoms with E-state index < -0.39 is 11.5 Å². The maximum absolute atomic E-state index is 12.0. The van der Waals surface area contributed by atoms with Gasteiger partial charge in [-0.05, 0) is 19.1 Å². The largest absolute Gasteiger partial charge is 0.506 e. The van der Waals surface area contributed by atoms with Crippen LogP contribution < -0.4 is 5.56 Å². The van der Waals surface area contributed by atoms with Gasteiger partial charge in [-0.15, -0.1) is 0 Å². The lowest BCUT2D eigenvalue weighted by Crippen LogP contribution is -2.19. The van der Waals surface area contributed by atoms with Gasteiger partial charge in [0.15, 0.2) is 0 Å². The van der Waals surface area contributed by atoms with Gasteiger partial charge in [0.25, 0.3) is 5.56 Å². The van der Waals surface area contributed by atoms with Crippen LogP contribution in [0.4, 0.5) is 0 Å². The second kappa shape index (κ2) is 4.40. The van der Waals surface area contributed by atoms with Crippen LogP contribution in [0.3, 0.4) is 0 Å². The van der Waals surface area contributed by atoms with Crippen LogP contribution in [0.15, 0.2) is 29.1 Å². The number of H-pyrrole nitrogens is 1. The smallest absolute Gasteiger partial charge is 0.308 e. The van der Waals surface area contributed by atoms with Crippen molar-refractivity contribution in [3.05, 3.63) is 45.9 Å². The third-order valence-corrected chi connectivity index (χ3v) is 2.64. The first kappa shape index (κ1) is 12.0. The lowest BCUT2D eigenvalue weighted by molar-refractivity contribution is -0.136. The van der Waals surface area contributed by atoms with Gasteiger partial charge in [-0.25, -0.2) is 4.68 Å². The van der Waals surface area contributed by atoms with Gasteiger partial charge in [-0.3, -0.25) is 14.7 Å². The van der Waals surface area contributed by atoms with Gasteiger partial charge < -0.3 is 10.2 Å². The highest BCUT2D eigenvalue weighted by atomic mass is 16.4. The van der Waals surface area contributed by atoms with Crippen LogP contribution in [0.25, 0.3) is 5.69 Å². The minimum absolute atomic E-state index is 0.0530. The second-order valence-electron chi connectivity index (χ2n) is 3.92. The van der Waals surface area contributed by atoms with Gasteiger partial charge in [-0.1, -0.05) is 12.1 Å². The van der Waals surface area contributed by atoms with E-state index in [1.165, 1.54) is 6.07 Å². The van der Waals surface area contributed by atoms with Crippen LogP contribution in [-0.2, 0) is 11.2 Å². The molecule has 0 aliphatic heterocycles. The minimum Gasteiger partial charge on any atom is -0.506 e. The lowest BCUT2D eigenvalue weighted by atomic mass is 10.2. The van der Waals surface area contributed by atoms with Crippen molar-refractivity contribution in [2.75, 3.05) is 0 Å². The van der Waals surface area contributed by atoms with Crippen molar-refractivity contribution in [3.8, 4) is 11.4 Å². The molecule has 1 aromatic heterocycles. The van der Waals surface area contributed by atoms with Crippen molar-refractivity contribution in [2.45, 2.75) is 13.3 Å². The topological polar surface area (TPSA) is 95.3 Å². The Morgan fingerprint density at radius 1 is 1.39 bits per heavy atom. The number of nitrogens with one attached hydrogen (secondary N) is 1. The van der Waals surface area contributed by atoms with Gasteiger partial charge in [0.2, 0.25) is 0 Å². The van der Waals surface area contributed by atoms with Crippen molar-refractivity contribution in [1.82, 2.24) is 9.78 Å². The Morgan fingerprint density at radius 2 is 2.06 bits per heavy atom. The first-order chi connectivity index (χ1) is 8.50. The summed E-state index contributed by atoms with van der Waals surface area (Å²) in [4.78, 5) is 22.7. The quantitative estimate of drug-likeness (QED) is 0.748. The first-order valence-corrected chi connectivity index (χ1v) is 5.31. The molecule has 94 valence electrons. The Morgan fingerprint density at radius 3 is 2.67 bits per heavy atom. The molecule has 18 heavy (non-hydrogen) atoms. The van der Waals surface area contributed by atoms with E-state index in [1.807, 2.05) is 0 Å². The van der Waals surface area contributed by atoms with Crippen LogP contribution in [0.1, 0.15) is 11.3 Å². The molecule has 6 nitrogen and oxygen atoms in total. The molecule has 0 aliphatic carbocycles. The highest BCUT2D eigenvalue weighted by Gasteiger charge is 2.16. The highest BCUT2D eigenvalue weighted by Crippen LogP contribution is 2.19. The van der Waals surface area contributed by atoms with E-state index in [-0.39, 0.29) is 17.7 Å². The summed E-state index contributed by atoms with van der Waals surface area (Å²) in [6, 6.07) is 6.33. The Bertz CT molecular complexity index is 654. The van der Waals surface area contributed by atoms with Crippen molar-refractivity contribution < 1.29 is 15.0 Å². The van der Waals surface area contributed by atoms with Gasteiger partial charge in [0.05, 0.1) is 12.0 Å². The predicted molar refractivity (Wildman–Crippen MR) is 64.1 cm³/mol. The standard InChI is InChI=1S/C12H12N2O4/c1-7-8(6-11(16)17)12(18)14(13-7)9-4-2-3-5-10(9)15/h2-5,13,15H,6H2,1H3,(H,16,17). The fourth-order valence-corrected chi connectivity index (χ4v) is 1.76. The normalized spacial score (nSPS) is 10.5. The molecule has 0 spiro atoms. The minimum atomic E-state index is -1.07. The van der Waals surface area contributed by atoms with Gasteiger partial charge in [0, 0.05) is 5.69 Å². The molecule has 0 radical (unpaired) electrons. The number of aromatic hydroxyl groups is 1. The molecular weight excluding hydrogens is 236 g/mol. The number of aromatic amines is 1. The summed E-state index contributed by atoms with van der Waals surface area (Å²) in [7, 11) is 0. The number of phenolic OH excluding ortho intramolecular Hbond substituents is 1. The van der Waals surface area contributed by atoms with Gasteiger partial charge >= 0.3 is 5.97 Å². The molecular formula is C12H12N2O4. The van der Waals surface area contributed by atoms with Crippen LogP contribution in [-0.4, -0.2) is 26.0 Å². The van der Waals surface area contributed by atoms with E-state index in [4.69, 9.17) is 5.11 Å². The molecule has 2 rings (SSSR count). The zero-order valence-electron chi connectivity index (χ0n) is 9.67. The zero-order chi connectivity index (χ0) is 13.3. The molecule has 0 bridgehead atoms. The number of carbonyl (C=O) groups is 1. The average Bonchev–Trinajstić information content (AvgIpc) is 2.57. The molecule has 1 heterocycles. The number of carboxylic acid groups (broad SMARTS) is 1. The number of phenols is 1. The summed E-state index contributed by atoms with van der Waals surface area (Å²) in [5.41, 5.74) is 0.495. The van der Waals surface area contributed by atoms with E-state index in [1.54, 1.807) is 25.1 Å². The van der Waals surface area contributed by atoms with Gasteiger partial charge in [0.1, 0.15) is 11.4 Å². The predicted octanol–water partition coefficient (Wildman–Crippen LogP) is 0.807. The number of benzene rings is 1. The first-order valence-electron chi connectivity index (χ1n) is 5.31. The summed E-state index contributed by atoms with van der Waals surface area (Å²) in [6.07, 6.45) is -0.345. The molecule has 1 aromatic carbocycles. The Labute approximate surface area is 102 Å². The number of aryl methyl sites for hydroxylation is 1. The van der Waals surface area contributed by atoms with Crippen molar-refractivity contribution in [3.63, 3.8) is 0 Å². The molecule has 0 saturated carbocycles. The number of rotatable bonds is 3. The summed E-state index contributed by atoms with van der Waals surface area (Å²) in [6.45, 7) is 1.62. The second-order valence-corrected chi connectivity index (χ2v) is 3.92. The zero-order valence-corrected chi connectivity index (χ0v) is 9.67. The number of aromatic nitrogens is 2. The molecule has 0 saturated heterocycles. The third-order valence-electron chi connectivity index (χ3n) is 2.64. The summed E-state index contributed by atoms with van der Waals surface area (Å²) < 4.78 is 1.14. The number of nitrogens with zero attached hydrogens (tertiary/aromatic N) is 1. The van der Waals surface area contributed by atoms with E-state index in [2.05, 4.69) is 5.10 Å². The fraction of sp³-hybridized carbons (Fsp3) is 0.167. The number of para-hydroxylation sites is 2. The number of carboxylic acids is 1. The maximum Gasteiger partial charge on any atom is 0.308 e.